The number of nitrogens with zero attached hydrogens (tertiary/aromatic N) is 1. The fourth-order valence-electron chi connectivity index (χ4n) is 1.26. The van der Waals surface area contributed by atoms with Gasteiger partial charge in [0.25, 0.3) is 0 Å². The predicted octanol–water partition coefficient (Wildman–Crippen LogP) is 1.96. The summed E-state index contributed by atoms with van der Waals surface area (Å²) < 4.78 is 4.79. The Balaban J connectivity index is 2.50. The van der Waals surface area contributed by atoms with E-state index in [-0.39, 0.29) is 12.4 Å². The minimum Gasteiger partial charge on any atom is -0.456 e. The van der Waals surface area contributed by atoms with Crippen molar-refractivity contribution < 1.29 is 14.3 Å². The summed E-state index contributed by atoms with van der Waals surface area (Å²) >= 11 is 0. The van der Waals surface area contributed by atoms with E-state index < -0.39 is 11.9 Å². The Morgan fingerprint density at radius 3 is 2.53 bits per heavy atom. The van der Waals surface area contributed by atoms with Crippen LogP contribution >= 0.6 is 0 Å². The highest BCUT2D eigenvalue weighted by Gasteiger charge is 2.18. The number of carbonyl (C=O) groups excluding carboxylic acids is 2. The van der Waals surface area contributed by atoms with Gasteiger partial charge in [0.05, 0.1) is 6.07 Å². The first-order chi connectivity index (χ1) is 8.19. The molecule has 1 atom stereocenters. The van der Waals surface area contributed by atoms with Crippen LogP contribution < -0.4 is 0 Å². The van der Waals surface area contributed by atoms with Crippen LogP contribution in [0.5, 0.6) is 0 Å². The van der Waals surface area contributed by atoms with Crippen LogP contribution in [-0.4, -0.2) is 18.4 Å². The molecule has 1 aromatic carbocycles. The first kappa shape index (κ1) is 12.9. The van der Waals surface area contributed by atoms with Gasteiger partial charge in [0.2, 0.25) is 0 Å². The Kier molecular flexibility index (Phi) is 4.89. The second-order valence-corrected chi connectivity index (χ2v) is 3.49. The van der Waals surface area contributed by atoms with Crippen LogP contribution in [-0.2, 0) is 9.53 Å². The van der Waals surface area contributed by atoms with E-state index in [1.807, 2.05) is 6.07 Å². The number of Topliss-reactive ketones (excluding diaryl/α,β-unsaturated/α-hetero) is 1. The molecule has 0 amide bonds. The second-order valence-electron chi connectivity index (χ2n) is 3.49. The number of nitriles is 1. The van der Waals surface area contributed by atoms with Crippen molar-refractivity contribution in [2.24, 2.45) is 5.92 Å². The third-order valence-corrected chi connectivity index (χ3v) is 2.29. The summed E-state index contributed by atoms with van der Waals surface area (Å²) in [6.45, 7) is 1.40. The van der Waals surface area contributed by atoms with Gasteiger partial charge in [0.15, 0.2) is 12.4 Å². The van der Waals surface area contributed by atoms with Gasteiger partial charge >= 0.3 is 5.97 Å². The van der Waals surface area contributed by atoms with Gasteiger partial charge < -0.3 is 4.74 Å². The Labute approximate surface area is 99.8 Å². The predicted molar refractivity (Wildman–Crippen MR) is 61.1 cm³/mol. The number of esters is 1. The van der Waals surface area contributed by atoms with Gasteiger partial charge in [-0.25, -0.2) is 0 Å². The first-order valence-electron chi connectivity index (χ1n) is 5.33. The van der Waals surface area contributed by atoms with E-state index in [4.69, 9.17) is 10.00 Å². The van der Waals surface area contributed by atoms with Gasteiger partial charge in [-0.15, -0.1) is 0 Å². The van der Waals surface area contributed by atoms with Crippen molar-refractivity contribution >= 4 is 11.8 Å². The molecule has 0 aromatic heterocycles. The number of rotatable bonds is 5. The normalized spacial score (nSPS) is 11.3. The molecule has 0 bridgehead atoms. The second kappa shape index (κ2) is 6.44. The Morgan fingerprint density at radius 1 is 1.35 bits per heavy atom. The summed E-state index contributed by atoms with van der Waals surface area (Å²) in [5.74, 6) is -1.70. The molecule has 0 saturated heterocycles. The van der Waals surface area contributed by atoms with E-state index in [0.29, 0.717) is 12.0 Å². The molecular formula is C13H13NO3. The quantitative estimate of drug-likeness (QED) is 0.574. The van der Waals surface area contributed by atoms with Crippen molar-refractivity contribution in [3.8, 4) is 6.07 Å². The Bertz CT molecular complexity index is 434. The van der Waals surface area contributed by atoms with Crippen LogP contribution in [0.4, 0.5) is 0 Å². The number of carbonyl (C=O) groups is 2. The zero-order valence-electron chi connectivity index (χ0n) is 9.55. The number of hydrogen-bond donors (Lipinski definition) is 0. The van der Waals surface area contributed by atoms with Crippen molar-refractivity contribution in [3.63, 3.8) is 0 Å². The topological polar surface area (TPSA) is 67.2 Å². The third kappa shape index (κ3) is 3.72. The van der Waals surface area contributed by atoms with Crippen molar-refractivity contribution in [3.05, 3.63) is 35.9 Å². The lowest BCUT2D eigenvalue weighted by atomic mass is 10.1. The third-order valence-electron chi connectivity index (χ3n) is 2.29. The molecule has 0 radical (unpaired) electrons. The van der Waals surface area contributed by atoms with E-state index in [0.717, 1.165) is 0 Å². The molecule has 88 valence electrons. The number of ketones is 1. The Hall–Kier alpha value is -2.15. The van der Waals surface area contributed by atoms with E-state index >= 15 is 0 Å². The van der Waals surface area contributed by atoms with Gasteiger partial charge in [0.1, 0.15) is 5.92 Å². The smallest absolute Gasteiger partial charge is 0.323 e. The van der Waals surface area contributed by atoms with Gasteiger partial charge in [-0.1, -0.05) is 37.3 Å². The molecular weight excluding hydrogens is 218 g/mol. The largest absolute Gasteiger partial charge is 0.456 e. The summed E-state index contributed by atoms with van der Waals surface area (Å²) in [6, 6.07) is 10.4. The SMILES string of the molecule is CCC(C#N)C(=O)OCC(=O)c1ccccc1. The molecule has 0 saturated carbocycles. The number of benzene rings is 1. The summed E-state index contributed by atoms with van der Waals surface area (Å²) in [7, 11) is 0. The fourth-order valence-corrected chi connectivity index (χ4v) is 1.26. The van der Waals surface area contributed by atoms with E-state index in [9.17, 15) is 9.59 Å². The van der Waals surface area contributed by atoms with Crippen molar-refractivity contribution in [1.82, 2.24) is 0 Å². The molecule has 0 spiro atoms. The van der Waals surface area contributed by atoms with Gasteiger partial charge in [0, 0.05) is 5.56 Å². The maximum atomic E-state index is 11.6. The van der Waals surface area contributed by atoms with E-state index in [1.165, 1.54) is 0 Å². The summed E-state index contributed by atoms with van der Waals surface area (Å²) in [5, 5.41) is 8.64. The number of ether oxygens (including phenoxy) is 1. The zero-order chi connectivity index (χ0) is 12.7. The monoisotopic (exact) mass is 231 g/mol. The van der Waals surface area contributed by atoms with Crippen LogP contribution in [0.15, 0.2) is 30.3 Å². The maximum absolute atomic E-state index is 11.6. The highest BCUT2D eigenvalue weighted by atomic mass is 16.5. The average Bonchev–Trinajstić information content (AvgIpc) is 2.38. The van der Waals surface area contributed by atoms with Crippen LogP contribution in [0.3, 0.4) is 0 Å². The summed E-state index contributed by atoms with van der Waals surface area (Å²) in [4.78, 5) is 22.9. The average molecular weight is 231 g/mol. The minimum absolute atomic E-state index is 0.272. The molecule has 0 heterocycles. The highest BCUT2D eigenvalue weighted by Crippen LogP contribution is 2.05. The van der Waals surface area contributed by atoms with Gasteiger partial charge in [-0.05, 0) is 6.42 Å². The first-order valence-corrected chi connectivity index (χ1v) is 5.33. The minimum atomic E-state index is -0.793. The Morgan fingerprint density at radius 2 is 2.00 bits per heavy atom. The van der Waals surface area contributed by atoms with Crippen molar-refractivity contribution in [2.45, 2.75) is 13.3 Å². The fraction of sp³-hybridized carbons (Fsp3) is 0.308. The molecule has 4 nitrogen and oxygen atoms in total. The van der Waals surface area contributed by atoms with Crippen molar-refractivity contribution in [1.29, 1.82) is 5.26 Å². The van der Waals surface area contributed by atoms with Crippen LogP contribution in [0.25, 0.3) is 0 Å². The van der Waals surface area contributed by atoms with Crippen LogP contribution in [0.1, 0.15) is 23.7 Å². The molecule has 0 fully saturated rings. The summed E-state index contributed by atoms with van der Waals surface area (Å²) in [5.41, 5.74) is 0.491. The van der Waals surface area contributed by atoms with E-state index in [2.05, 4.69) is 0 Å². The number of hydrogen-bond acceptors (Lipinski definition) is 4. The molecule has 1 unspecified atom stereocenters. The molecule has 17 heavy (non-hydrogen) atoms. The summed E-state index contributed by atoms with van der Waals surface area (Å²) in [6.07, 6.45) is 0.384. The van der Waals surface area contributed by atoms with Crippen LogP contribution in [0.2, 0.25) is 0 Å². The molecule has 0 aliphatic carbocycles. The molecule has 1 aromatic rings. The molecule has 4 heteroatoms. The van der Waals surface area contributed by atoms with Gasteiger partial charge in [-0.2, -0.15) is 5.26 Å². The molecule has 0 N–H and O–H groups in total. The molecule has 0 aliphatic rings. The molecule has 1 rings (SSSR count). The van der Waals surface area contributed by atoms with Crippen LogP contribution in [0, 0.1) is 17.2 Å². The zero-order valence-corrected chi connectivity index (χ0v) is 9.55. The van der Waals surface area contributed by atoms with E-state index in [1.54, 1.807) is 37.3 Å². The lowest BCUT2D eigenvalue weighted by Crippen LogP contribution is -2.20. The highest BCUT2D eigenvalue weighted by molar-refractivity contribution is 5.98. The molecule has 0 aliphatic heterocycles. The lowest BCUT2D eigenvalue weighted by Gasteiger charge is -2.06. The van der Waals surface area contributed by atoms with Crippen molar-refractivity contribution in [2.75, 3.05) is 6.61 Å². The van der Waals surface area contributed by atoms with Gasteiger partial charge in [-0.3, -0.25) is 9.59 Å². The lowest BCUT2D eigenvalue weighted by molar-refractivity contribution is -0.145. The maximum Gasteiger partial charge on any atom is 0.323 e. The standard InChI is InChI=1S/C13H13NO3/c1-2-10(8-14)13(16)17-9-12(15)11-6-4-3-5-7-11/h3-7,10H,2,9H2,1H3.